The summed E-state index contributed by atoms with van der Waals surface area (Å²) in [6.07, 6.45) is 1.03. The molecule has 7 heteroatoms. The smallest absolute Gasteiger partial charge is 0.252 e. The van der Waals surface area contributed by atoms with E-state index in [4.69, 9.17) is 15.2 Å². The van der Waals surface area contributed by atoms with Crippen LogP contribution in [0.15, 0.2) is 42.5 Å². The maximum absolute atomic E-state index is 11.2. The van der Waals surface area contributed by atoms with Gasteiger partial charge >= 0.3 is 0 Å². The molecule has 152 valence electrons. The van der Waals surface area contributed by atoms with Crippen LogP contribution in [-0.2, 0) is 11.3 Å². The van der Waals surface area contributed by atoms with Gasteiger partial charge in [0.2, 0.25) is 0 Å². The second-order valence-corrected chi connectivity index (χ2v) is 6.47. The Bertz CT molecular complexity index is 749. The molecule has 1 amide bonds. The van der Waals surface area contributed by atoms with Crippen LogP contribution < -0.4 is 15.8 Å². The summed E-state index contributed by atoms with van der Waals surface area (Å²) < 4.78 is 10.8. The lowest BCUT2D eigenvalue weighted by Gasteiger charge is -2.13. The molecule has 1 unspecified atom stereocenters. The number of hydrogen-bond acceptors (Lipinski definition) is 6. The number of nitrogens with two attached hydrogens (primary N) is 1. The number of aliphatic hydroxyl groups is 1. The second kappa shape index (κ2) is 11.3. The molecule has 5 N–H and O–H groups in total. The average molecular weight is 388 g/mol. The second-order valence-electron chi connectivity index (χ2n) is 6.47. The van der Waals surface area contributed by atoms with Gasteiger partial charge in [-0.2, -0.15) is 0 Å². The van der Waals surface area contributed by atoms with Crippen molar-refractivity contribution < 1.29 is 24.5 Å². The molecule has 0 aromatic heterocycles. The van der Waals surface area contributed by atoms with Crippen molar-refractivity contribution in [2.75, 3.05) is 26.8 Å². The third-order valence-corrected chi connectivity index (χ3v) is 4.33. The first-order valence-electron chi connectivity index (χ1n) is 9.23. The van der Waals surface area contributed by atoms with Gasteiger partial charge in [0, 0.05) is 13.2 Å². The number of unbranched alkanes of at least 4 members (excludes halogenated alkanes) is 1. The number of carbonyl (C=O) groups excluding carboxylic acids is 1. The predicted molar refractivity (Wildman–Crippen MR) is 106 cm³/mol. The van der Waals surface area contributed by atoms with Gasteiger partial charge in [-0.05, 0) is 54.8 Å². The van der Waals surface area contributed by atoms with Crippen LogP contribution >= 0.6 is 0 Å². The monoisotopic (exact) mass is 388 g/mol. The van der Waals surface area contributed by atoms with Crippen molar-refractivity contribution in [3.63, 3.8) is 0 Å². The Morgan fingerprint density at radius 2 is 1.93 bits per heavy atom. The molecule has 2 rings (SSSR count). The molecule has 7 nitrogen and oxygen atoms in total. The maximum Gasteiger partial charge on any atom is 0.252 e. The van der Waals surface area contributed by atoms with Crippen LogP contribution in [0.3, 0.4) is 0 Å². The highest BCUT2D eigenvalue weighted by molar-refractivity contribution is 5.95. The van der Waals surface area contributed by atoms with Crippen LogP contribution in [0.5, 0.6) is 11.5 Å². The lowest BCUT2D eigenvalue weighted by Crippen LogP contribution is -2.23. The summed E-state index contributed by atoms with van der Waals surface area (Å²) in [6, 6.07) is 12.1. The SMILES string of the molecule is COc1ccc(COCCCCNCC(O)c2ccc(O)c(C(N)=O)c2)cc1. The van der Waals surface area contributed by atoms with E-state index in [1.807, 2.05) is 24.3 Å². The highest BCUT2D eigenvalue weighted by Gasteiger charge is 2.13. The van der Waals surface area contributed by atoms with Gasteiger partial charge in [-0.25, -0.2) is 0 Å². The van der Waals surface area contributed by atoms with E-state index in [9.17, 15) is 15.0 Å². The number of rotatable bonds is 12. The fourth-order valence-corrected chi connectivity index (χ4v) is 2.68. The van der Waals surface area contributed by atoms with Crippen LogP contribution in [0.1, 0.15) is 40.4 Å². The van der Waals surface area contributed by atoms with E-state index >= 15 is 0 Å². The number of nitrogens with one attached hydrogen (secondary N) is 1. The highest BCUT2D eigenvalue weighted by Crippen LogP contribution is 2.21. The summed E-state index contributed by atoms with van der Waals surface area (Å²) in [6.45, 7) is 2.31. The Morgan fingerprint density at radius 3 is 2.61 bits per heavy atom. The van der Waals surface area contributed by atoms with E-state index in [0.29, 0.717) is 25.3 Å². The van der Waals surface area contributed by atoms with E-state index in [1.54, 1.807) is 13.2 Å². The van der Waals surface area contributed by atoms with Crippen molar-refractivity contribution in [2.24, 2.45) is 5.73 Å². The normalized spacial score (nSPS) is 11.9. The molecule has 0 saturated heterocycles. The maximum atomic E-state index is 11.2. The molecule has 0 heterocycles. The van der Waals surface area contributed by atoms with E-state index < -0.39 is 12.0 Å². The Hall–Kier alpha value is -2.61. The number of amides is 1. The van der Waals surface area contributed by atoms with Gasteiger partial charge in [-0.15, -0.1) is 0 Å². The Morgan fingerprint density at radius 1 is 1.18 bits per heavy atom. The molecule has 0 radical (unpaired) electrons. The number of primary amides is 1. The van der Waals surface area contributed by atoms with E-state index in [1.165, 1.54) is 12.1 Å². The van der Waals surface area contributed by atoms with Crippen molar-refractivity contribution in [3.8, 4) is 11.5 Å². The fraction of sp³-hybridized carbons (Fsp3) is 0.381. The molecule has 1 atom stereocenters. The molecule has 0 saturated carbocycles. The molecular weight excluding hydrogens is 360 g/mol. The molecule has 0 aliphatic heterocycles. The van der Waals surface area contributed by atoms with Crippen LogP contribution in [0.2, 0.25) is 0 Å². The fourth-order valence-electron chi connectivity index (χ4n) is 2.68. The van der Waals surface area contributed by atoms with Gasteiger partial charge in [-0.1, -0.05) is 18.2 Å². The lowest BCUT2D eigenvalue weighted by atomic mass is 10.0. The van der Waals surface area contributed by atoms with E-state index in [0.717, 1.165) is 30.7 Å². The first kappa shape index (κ1) is 21.7. The highest BCUT2D eigenvalue weighted by atomic mass is 16.5. The van der Waals surface area contributed by atoms with Gasteiger partial charge in [0.1, 0.15) is 11.5 Å². The number of methoxy groups -OCH3 is 1. The minimum absolute atomic E-state index is 0.00515. The molecule has 28 heavy (non-hydrogen) atoms. The Balaban J connectivity index is 1.58. The van der Waals surface area contributed by atoms with Gasteiger partial charge in [0.15, 0.2) is 0 Å². The third-order valence-electron chi connectivity index (χ3n) is 4.33. The number of carbonyl (C=O) groups is 1. The predicted octanol–water partition coefficient (Wildman–Crippen LogP) is 2.12. The molecule has 0 spiro atoms. The van der Waals surface area contributed by atoms with E-state index in [-0.39, 0.29) is 11.3 Å². The summed E-state index contributed by atoms with van der Waals surface area (Å²) in [5.41, 5.74) is 6.84. The molecule has 0 aliphatic rings. The summed E-state index contributed by atoms with van der Waals surface area (Å²) in [7, 11) is 1.64. The number of benzene rings is 2. The average Bonchev–Trinajstić information content (AvgIpc) is 2.70. The van der Waals surface area contributed by atoms with Crippen molar-refractivity contribution in [1.29, 1.82) is 0 Å². The quantitative estimate of drug-likeness (QED) is 0.414. The number of aliphatic hydroxyl groups excluding tert-OH is 1. The first-order valence-corrected chi connectivity index (χ1v) is 9.23. The van der Waals surface area contributed by atoms with Crippen LogP contribution in [0.25, 0.3) is 0 Å². The molecular formula is C21H28N2O5. The zero-order chi connectivity index (χ0) is 20.4. The van der Waals surface area contributed by atoms with Crippen LogP contribution in [-0.4, -0.2) is 42.9 Å². The Labute approximate surface area is 165 Å². The van der Waals surface area contributed by atoms with Gasteiger partial charge in [0.05, 0.1) is 25.4 Å². The molecule has 0 aliphatic carbocycles. The molecule has 0 fully saturated rings. The third kappa shape index (κ3) is 6.84. The molecule has 2 aromatic carbocycles. The van der Waals surface area contributed by atoms with Gasteiger partial charge in [-0.3, -0.25) is 4.79 Å². The topological polar surface area (TPSA) is 114 Å². The van der Waals surface area contributed by atoms with Gasteiger partial charge in [0.25, 0.3) is 5.91 Å². The van der Waals surface area contributed by atoms with Crippen LogP contribution in [0.4, 0.5) is 0 Å². The van der Waals surface area contributed by atoms with Crippen molar-refractivity contribution in [3.05, 3.63) is 59.2 Å². The standard InChI is InChI=1S/C21H28N2O5/c1-27-17-7-4-15(5-8-17)14-28-11-3-2-10-23-13-20(25)16-6-9-19(24)18(12-16)21(22)26/h4-9,12,20,23-25H,2-3,10-11,13-14H2,1H3,(H2,22,26). The minimum atomic E-state index is -0.787. The molecule has 2 aromatic rings. The zero-order valence-corrected chi connectivity index (χ0v) is 16.1. The zero-order valence-electron chi connectivity index (χ0n) is 16.1. The lowest BCUT2D eigenvalue weighted by molar-refractivity contribution is 0.0997. The summed E-state index contributed by atoms with van der Waals surface area (Å²) in [5, 5.41) is 22.9. The number of hydrogen-bond donors (Lipinski definition) is 4. The van der Waals surface area contributed by atoms with Crippen molar-refractivity contribution >= 4 is 5.91 Å². The van der Waals surface area contributed by atoms with Crippen molar-refractivity contribution in [2.45, 2.75) is 25.6 Å². The summed E-state index contributed by atoms with van der Waals surface area (Å²) in [4.78, 5) is 11.2. The van der Waals surface area contributed by atoms with E-state index in [2.05, 4.69) is 5.32 Å². The largest absolute Gasteiger partial charge is 0.507 e. The number of ether oxygens (including phenoxy) is 2. The van der Waals surface area contributed by atoms with Crippen LogP contribution in [0, 0.1) is 0 Å². The minimum Gasteiger partial charge on any atom is -0.507 e. The van der Waals surface area contributed by atoms with Crippen molar-refractivity contribution in [1.82, 2.24) is 5.32 Å². The first-order chi connectivity index (χ1) is 13.5. The number of phenols is 1. The summed E-state index contributed by atoms with van der Waals surface area (Å²) in [5.74, 6) is -0.0876. The summed E-state index contributed by atoms with van der Waals surface area (Å²) >= 11 is 0. The van der Waals surface area contributed by atoms with Gasteiger partial charge < -0.3 is 30.7 Å². The number of aromatic hydroxyl groups is 1. The molecule has 0 bridgehead atoms. The Kier molecular flexibility index (Phi) is 8.74.